The third kappa shape index (κ3) is 3.53. The van der Waals surface area contributed by atoms with Crippen molar-refractivity contribution in [2.45, 2.75) is 13.0 Å². The average molecular weight is 314 g/mol. The Hall–Kier alpha value is -2.76. The topological polar surface area (TPSA) is 69.7 Å². The van der Waals surface area contributed by atoms with Crippen LogP contribution in [0.2, 0.25) is 0 Å². The molecule has 0 bridgehead atoms. The zero-order chi connectivity index (χ0) is 16.1. The predicted octanol–water partition coefficient (Wildman–Crippen LogP) is 2.05. The summed E-state index contributed by atoms with van der Waals surface area (Å²) in [6, 6.07) is 10.9. The largest absolute Gasteiger partial charge is 0.486 e. The van der Waals surface area contributed by atoms with Crippen molar-refractivity contribution in [1.82, 2.24) is 10.3 Å². The Balaban J connectivity index is 1.60. The van der Waals surface area contributed by atoms with Gasteiger partial charge < -0.3 is 19.5 Å². The van der Waals surface area contributed by atoms with Gasteiger partial charge in [-0.15, -0.1) is 0 Å². The zero-order valence-electron chi connectivity index (χ0n) is 12.8. The van der Waals surface area contributed by atoms with Gasteiger partial charge in [0.25, 0.3) is 5.91 Å². The Labute approximate surface area is 134 Å². The molecule has 0 aliphatic carbocycles. The van der Waals surface area contributed by atoms with Crippen LogP contribution in [0, 0.1) is 0 Å². The number of hydrogen-bond donors (Lipinski definition) is 1. The van der Waals surface area contributed by atoms with E-state index in [0.29, 0.717) is 37.0 Å². The summed E-state index contributed by atoms with van der Waals surface area (Å²) < 4.78 is 16.8. The highest BCUT2D eigenvalue weighted by Gasteiger charge is 2.22. The normalized spacial score (nSPS) is 15.8. The highest BCUT2D eigenvalue weighted by atomic mass is 16.6. The highest BCUT2D eigenvalue weighted by Crippen LogP contribution is 2.30. The average Bonchev–Trinajstić information content (AvgIpc) is 2.60. The first-order chi connectivity index (χ1) is 11.3. The second-order valence-electron chi connectivity index (χ2n) is 5.00. The van der Waals surface area contributed by atoms with Crippen molar-refractivity contribution in [3.63, 3.8) is 0 Å². The second kappa shape index (κ2) is 7.00. The predicted molar refractivity (Wildman–Crippen MR) is 84.1 cm³/mol. The number of para-hydroxylation sites is 2. The molecule has 120 valence electrons. The van der Waals surface area contributed by atoms with Crippen LogP contribution in [0.1, 0.15) is 17.3 Å². The molecular weight excluding hydrogens is 296 g/mol. The molecule has 23 heavy (non-hydrogen) atoms. The van der Waals surface area contributed by atoms with Crippen molar-refractivity contribution in [3.8, 4) is 17.4 Å². The SMILES string of the molecule is CCOc1ncccc1C(=O)NC[C@@H]1COc2ccccc2O1. The van der Waals surface area contributed by atoms with Crippen molar-refractivity contribution >= 4 is 5.91 Å². The van der Waals surface area contributed by atoms with E-state index in [1.807, 2.05) is 31.2 Å². The van der Waals surface area contributed by atoms with E-state index < -0.39 is 0 Å². The first-order valence-electron chi connectivity index (χ1n) is 7.52. The number of benzene rings is 1. The lowest BCUT2D eigenvalue weighted by Gasteiger charge is -2.26. The molecule has 1 aromatic heterocycles. The zero-order valence-corrected chi connectivity index (χ0v) is 12.8. The maximum Gasteiger partial charge on any atom is 0.256 e. The van der Waals surface area contributed by atoms with E-state index in [1.165, 1.54) is 0 Å². The lowest BCUT2D eigenvalue weighted by molar-refractivity contribution is 0.0786. The van der Waals surface area contributed by atoms with Gasteiger partial charge in [-0.1, -0.05) is 12.1 Å². The minimum absolute atomic E-state index is 0.235. The number of nitrogens with zero attached hydrogens (tertiary/aromatic N) is 1. The molecule has 0 unspecified atom stereocenters. The Bertz CT molecular complexity index is 690. The van der Waals surface area contributed by atoms with E-state index in [4.69, 9.17) is 14.2 Å². The number of ether oxygens (including phenoxy) is 3. The summed E-state index contributed by atoms with van der Waals surface area (Å²) >= 11 is 0. The van der Waals surface area contributed by atoms with Gasteiger partial charge in [0, 0.05) is 6.20 Å². The third-order valence-electron chi connectivity index (χ3n) is 3.35. The fourth-order valence-corrected chi connectivity index (χ4v) is 2.28. The van der Waals surface area contributed by atoms with Crippen LogP contribution in [-0.2, 0) is 0 Å². The third-order valence-corrected chi connectivity index (χ3v) is 3.35. The number of aromatic nitrogens is 1. The summed E-state index contributed by atoms with van der Waals surface area (Å²) in [7, 11) is 0. The number of hydrogen-bond acceptors (Lipinski definition) is 5. The van der Waals surface area contributed by atoms with E-state index in [2.05, 4.69) is 10.3 Å². The van der Waals surface area contributed by atoms with Gasteiger partial charge in [-0.2, -0.15) is 0 Å². The fourth-order valence-electron chi connectivity index (χ4n) is 2.28. The molecule has 1 atom stereocenters. The first kappa shape index (κ1) is 15.1. The molecule has 0 radical (unpaired) electrons. The van der Waals surface area contributed by atoms with E-state index in [-0.39, 0.29) is 12.0 Å². The molecule has 1 N–H and O–H groups in total. The van der Waals surface area contributed by atoms with Crippen LogP contribution in [0.5, 0.6) is 17.4 Å². The standard InChI is InChI=1S/C17H18N2O4/c1-2-21-17-13(6-5-9-18-17)16(20)19-10-12-11-22-14-7-3-4-8-15(14)23-12/h3-9,12H,2,10-11H2,1H3,(H,19,20)/t12-/m1/s1. The molecule has 0 fully saturated rings. The molecule has 2 heterocycles. The first-order valence-corrected chi connectivity index (χ1v) is 7.52. The molecule has 6 heteroatoms. The number of carbonyl (C=O) groups is 1. The van der Waals surface area contributed by atoms with Crippen molar-refractivity contribution < 1.29 is 19.0 Å². The number of rotatable bonds is 5. The van der Waals surface area contributed by atoms with Crippen LogP contribution in [0.25, 0.3) is 0 Å². The molecule has 1 aliphatic rings. The van der Waals surface area contributed by atoms with Gasteiger partial charge in [-0.3, -0.25) is 4.79 Å². The van der Waals surface area contributed by atoms with Crippen LogP contribution in [0.4, 0.5) is 0 Å². The van der Waals surface area contributed by atoms with Crippen LogP contribution in [0.15, 0.2) is 42.6 Å². The second-order valence-corrected chi connectivity index (χ2v) is 5.00. The van der Waals surface area contributed by atoms with E-state index in [1.54, 1.807) is 18.3 Å². The maximum absolute atomic E-state index is 12.3. The van der Waals surface area contributed by atoms with Crippen molar-refractivity contribution in [1.29, 1.82) is 0 Å². The molecule has 0 spiro atoms. The smallest absolute Gasteiger partial charge is 0.256 e. The van der Waals surface area contributed by atoms with E-state index in [0.717, 1.165) is 5.75 Å². The van der Waals surface area contributed by atoms with Gasteiger partial charge in [0.15, 0.2) is 11.5 Å². The Morgan fingerprint density at radius 2 is 2.13 bits per heavy atom. The number of amides is 1. The van der Waals surface area contributed by atoms with Crippen LogP contribution < -0.4 is 19.5 Å². The summed E-state index contributed by atoms with van der Waals surface area (Å²) in [6.07, 6.45) is 1.36. The van der Waals surface area contributed by atoms with Gasteiger partial charge in [0.05, 0.1) is 13.2 Å². The van der Waals surface area contributed by atoms with Crippen LogP contribution >= 0.6 is 0 Å². The van der Waals surface area contributed by atoms with Crippen molar-refractivity contribution in [2.75, 3.05) is 19.8 Å². The minimum Gasteiger partial charge on any atom is -0.486 e. The Morgan fingerprint density at radius 3 is 2.96 bits per heavy atom. The molecular formula is C17H18N2O4. The maximum atomic E-state index is 12.3. The quantitative estimate of drug-likeness (QED) is 0.914. The molecule has 2 aromatic rings. The van der Waals surface area contributed by atoms with Crippen molar-refractivity contribution in [2.24, 2.45) is 0 Å². The van der Waals surface area contributed by atoms with Gasteiger partial charge in [-0.25, -0.2) is 4.98 Å². The molecule has 3 rings (SSSR count). The Kier molecular flexibility index (Phi) is 4.61. The van der Waals surface area contributed by atoms with E-state index in [9.17, 15) is 4.79 Å². The lowest BCUT2D eigenvalue weighted by Crippen LogP contribution is -2.40. The highest BCUT2D eigenvalue weighted by molar-refractivity contribution is 5.96. The molecule has 6 nitrogen and oxygen atoms in total. The molecule has 1 aliphatic heterocycles. The summed E-state index contributed by atoms with van der Waals surface area (Å²) in [5, 5.41) is 2.83. The summed E-state index contributed by atoms with van der Waals surface area (Å²) in [6.45, 7) is 3.03. The van der Waals surface area contributed by atoms with Crippen molar-refractivity contribution in [3.05, 3.63) is 48.2 Å². The number of pyridine rings is 1. The van der Waals surface area contributed by atoms with Gasteiger partial charge in [0.1, 0.15) is 18.3 Å². The van der Waals surface area contributed by atoms with Crippen LogP contribution in [-0.4, -0.2) is 36.8 Å². The van der Waals surface area contributed by atoms with E-state index >= 15 is 0 Å². The van der Waals surface area contributed by atoms with Gasteiger partial charge in [0.2, 0.25) is 5.88 Å². The van der Waals surface area contributed by atoms with Gasteiger partial charge in [-0.05, 0) is 31.2 Å². The van der Waals surface area contributed by atoms with Crippen LogP contribution in [0.3, 0.4) is 0 Å². The minimum atomic E-state index is -0.246. The summed E-state index contributed by atoms with van der Waals surface area (Å²) in [5.41, 5.74) is 0.409. The molecule has 0 saturated carbocycles. The number of fused-ring (bicyclic) bond motifs is 1. The molecule has 1 amide bonds. The summed E-state index contributed by atoms with van der Waals surface area (Å²) in [4.78, 5) is 16.4. The summed E-state index contributed by atoms with van der Waals surface area (Å²) in [5.74, 6) is 1.50. The molecule has 0 saturated heterocycles. The monoisotopic (exact) mass is 314 g/mol. The van der Waals surface area contributed by atoms with Gasteiger partial charge >= 0.3 is 0 Å². The fraction of sp³-hybridized carbons (Fsp3) is 0.294. The number of carbonyl (C=O) groups excluding carboxylic acids is 1. The Morgan fingerprint density at radius 1 is 1.30 bits per heavy atom. The molecule has 1 aromatic carbocycles. The lowest BCUT2D eigenvalue weighted by atomic mass is 10.2. The number of nitrogens with one attached hydrogen (secondary N) is 1.